The summed E-state index contributed by atoms with van der Waals surface area (Å²) in [5.74, 6) is -0.337. The van der Waals surface area contributed by atoms with E-state index >= 15 is 0 Å². The van der Waals surface area contributed by atoms with Crippen molar-refractivity contribution in [3.05, 3.63) is 34.6 Å². The maximum Gasteiger partial charge on any atom is 0.124 e. The Labute approximate surface area is 107 Å². The Morgan fingerprint density at radius 1 is 1.47 bits per heavy atom. The number of hydrogen-bond acceptors (Lipinski definition) is 2. The first kappa shape index (κ1) is 14.4. The largest absolute Gasteiger partial charge is 0.374 e. The van der Waals surface area contributed by atoms with Gasteiger partial charge in [0, 0.05) is 17.7 Å². The average molecular weight is 260 g/mol. The van der Waals surface area contributed by atoms with Gasteiger partial charge in [-0.1, -0.05) is 17.7 Å². The fourth-order valence-corrected chi connectivity index (χ4v) is 1.89. The van der Waals surface area contributed by atoms with Crippen molar-refractivity contribution in [1.29, 1.82) is 0 Å². The second kappa shape index (κ2) is 5.80. The summed E-state index contributed by atoms with van der Waals surface area (Å²) >= 11 is 5.96. The van der Waals surface area contributed by atoms with Crippen LogP contribution in [0.25, 0.3) is 0 Å². The number of nitrogens with two attached hydrogens (primary N) is 1. The zero-order valence-electron chi connectivity index (χ0n) is 10.5. The van der Waals surface area contributed by atoms with Crippen LogP contribution in [0.4, 0.5) is 4.39 Å². The summed E-state index contributed by atoms with van der Waals surface area (Å²) in [6.45, 7) is 6.42. The highest BCUT2D eigenvalue weighted by Gasteiger charge is 2.27. The van der Waals surface area contributed by atoms with Crippen molar-refractivity contribution < 1.29 is 9.13 Å². The molecular formula is C13H19ClFNO. The lowest BCUT2D eigenvalue weighted by atomic mass is 9.93. The first-order chi connectivity index (χ1) is 7.86. The zero-order chi connectivity index (χ0) is 13.1. The minimum Gasteiger partial charge on any atom is -0.374 e. The van der Waals surface area contributed by atoms with Gasteiger partial charge < -0.3 is 10.5 Å². The quantitative estimate of drug-likeness (QED) is 0.882. The van der Waals surface area contributed by atoms with Crippen molar-refractivity contribution in [1.82, 2.24) is 0 Å². The highest BCUT2D eigenvalue weighted by Crippen LogP contribution is 2.22. The molecule has 2 N–H and O–H groups in total. The highest BCUT2D eigenvalue weighted by molar-refractivity contribution is 6.31. The molecule has 0 aromatic heterocycles. The lowest BCUT2D eigenvalue weighted by Crippen LogP contribution is -2.46. The number of benzene rings is 1. The van der Waals surface area contributed by atoms with Crippen LogP contribution in [0, 0.1) is 5.82 Å². The molecule has 0 spiro atoms. The van der Waals surface area contributed by atoms with Crippen molar-refractivity contribution in [2.75, 3.05) is 6.61 Å². The molecule has 1 aromatic carbocycles. The van der Waals surface area contributed by atoms with Gasteiger partial charge in [-0.05, 0) is 44.9 Å². The summed E-state index contributed by atoms with van der Waals surface area (Å²) in [5, 5.41) is 0.410. The lowest BCUT2D eigenvalue weighted by Gasteiger charge is -2.31. The Balaban J connectivity index is 2.77. The third-order valence-corrected chi connectivity index (χ3v) is 3.22. The molecule has 1 unspecified atom stereocenters. The van der Waals surface area contributed by atoms with Gasteiger partial charge in [0.05, 0.1) is 5.60 Å². The maximum absolute atomic E-state index is 12.9. The van der Waals surface area contributed by atoms with Gasteiger partial charge in [-0.3, -0.25) is 0 Å². The Bertz CT molecular complexity index is 382. The number of rotatable bonds is 5. The summed E-state index contributed by atoms with van der Waals surface area (Å²) < 4.78 is 18.5. The summed E-state index contributed by atoms with van der Waals surface area (Å²) in [6.07, 6.45) is 0.562. The number of hydrogen-bond donors (Lipinski definition) is 1. The van der Waals surface area contributed by atoms with Crippen molar-refractivity contribution in [3.8, 4) is 0 Å². The standard InChI is InChI=1S/C13H19ClFNO/c1-4-17-13(2,3)12(16)7-9-5-6-10(15)8-11(9)14/h5-6,8,12H,4,7,16H2,1-3H3. The molecule has 0 bridgehead atoms. The van der Waals surface area contributed by atoms with Gasteiger partial charge in [0.2, 0.25) is 0 Å². The molecule has 0 amide bonds. The molecule has 0 radical (unpaired) electrons. The maximum atomic E-state index is 12.9. The van der Waals surface area contributed by atoms with E-state index in [0.717, 1.165) is 5.56 Å². The highest BCUT2D eigenvalue weighted by atomic mass is 35.5. The first-order valence-electron chi connectivity index (χ1n) is 5.70. The van der Waals surface area contributed by atoms with Gasteiger partial charge in [-0.2, -0.15) is 0 Å². The Hall–Kier alpha value is -0.640. The molecule has 0 fully saturated rings. The second-order valence-corrected chi connectivity index (χ2v) is 4.99. The minimum atomic E-state index is -0.424. The van der Waals surface area contributed by atoms with E-state index in [-0.39, 0.29) is 11.9 Å². The minimum absolute atomic E-state index is 0.189. The van der Waals surface area contributed by atoms with Crippen LogP contribution in [0.5, 0.6) is 0 Å². The third-order valence-electron chi connectivity index (χ3n) is 2.86. The van der Waals surface area contributed by atoms with E-state index in [1.807, 2.05) is 20.8 Å². The molecule has 17 heavy (non-hydrogen) atoms. The van der Waals surface area contributed by atoms with Crippen molar-refractivity contribution in [2.24, 2.45) is 5.73 Å². The fourth-order valence-electron chi connectivity index (χ4n) is 1.65. The molecule has 1 aromatic rings. The molecule has 1 rings (SSSR count). The number of ether oxygens (including phenoxy) is 1. The topological polar surface area (TPSA) is 35.2 Å². The van der Waals surface area contributed by atoms with Gasteiger partial charge in [0.1, 0.15) is 5.82 Å². The van der Waals surface area contributed by atoms with E-state index in [9.17, 15) is 4.39 Å². The van der Waals surface area contributed by atoms with E-state index < -0.39 is 5.60 Å². The van der Waals surface area contributed by atoms with Gasteiger partial charge in [-0.15, -0.1) is 0 Å². The van der Waals surface area contributed by atoms with Gasteiger partial charge in [0.25, 0.3) is 0 Å². The zero-order valence-corrected chi connectivity index (χ0v) is 11.2. The second-order valence-electron chi connectivity index (χ2n) is 4.58. The molecule has 1 atom stereocenters. The van der Waals surface area contributed by atoms with Gasteiger partial charge in [0.15, 0.2) is 0 Å². The molecule has 0 saturated carbocycles. The fraction of sp³-hybridized carbons (Fsp3) is 0.538. The molecule has 0 aliphatic rings. The molecule has 4 heteroatoms. The monoisotopic (exact) mass is 259 g/mol. The average Bonchev–Trinajstić information content (AvgIpc) is 2.22. The van der Waals surface area contributed by atoms with E-state index in [2.05, 4.69) is 0 Å². The molecule has 2 nitrogen and oxygen atoms in total. The van der Waals surface area contributed by atoms with Crippen molar-refractivity contribution >= 4 is 11.6 Å². The normalized spacial score (nSPS) is 13.8. The molecule has 0 aliphatic carbocycles. The smallest absolute Gasteiger partial charge is 0.124 e. The molecular weight excluding hydrogens is 241 g/mol. The summed E-state index contributed by atoms with van der Waals surface area (Å²) in [6, 6.07) is 4.17. The Kier molecular flexibility index (Phi) is 4.92. The van der Waals surface area contributed by atoms with Crippen LogP contribution in [0.3, 0.4) is 0 Å². The Morgan fingerprint density at radius 3 is 2.65 bits per heavy atom. The summed E-state index contributed by atoms with van der Waals surface area (Å²) in [4.78, 5) is 0. The van der Waals surface area contributed by atoms with Gasteiger partial charge in [-0.25, -0.2) is 4.39 Å². The summed E-state index contributed by atoms with van der Waals surface area (Å²) in [5.41, 5.74) is 6.52. The van der Waals surface area contributed by atoms with E-state index in [0.29, 0.717) is 18.1 Å². The van der Waals surface area contributed by atoms with Crippen LogP contribution in [0.1, 0.15) is 26.3 Å². The van der Waals surface area contributed by atoms with Gasteiger partial charge >= 0.3 is 0 Å². The third kappa shape index (κ3) is 3.95. The lowest BCUT2D eigenvalue weighted by molar-refractivity contribution is -0.0288. The van der Waals surface area contributed by atoms with Crippen LogP contribution < -0.4 is 5.73 Å². The SMILES string of the molecule is CCOC(C)(C)C(N)Cc1ccc(F)cc1Cl. The van der Waals surface area contributed by atoms with E-state index in [1.54, 1.807) is 6.07 Å². The van der Waals surface area contributed by atoms with E-state index in [1.165, 1.54) is 12.1 Å². The van der Waals surface area contributed by atoms with Crippen LogP contribution >= 0.6 is 11.6 Å². The molecule has 0 aliphatic heterocycles. The van der Waals surface area contributed by atoms with Crippen LogP contribution in [0.2, 0.25) is 5.02 Å². The molecule has 0 heterocycles. The summed E-state index contributed by atoms with van der Waals surface area (Å²) in [7, 11) is 0. The first-order valence-corrected chi connectivity index (χ1v) is 6.08. The van der Waals surface area contributed by atoms with Crippen LogP contribution in [0.15, 0.2) is 18.2 Å². The van der Waals surface area contributed by atoms with Crippen molar-refractivity contribution in [2.45, 2.75) is 38.8 Å². The van der Waals surface area contributed by atoms with Crippen LogP contribution in [-0.2, 0) is 11.2 Å². The predicted octanol–water partition coefficient (Wildman–Crippen LogP) is 3.16. The van der Waals surface area contributed by atoms with Crippen molar-refractivity contribution in [3.63, 3.8) is 0 Å². The van der Waals surface area contributed by atoms with E-state index in [4.69, 9.17) is 22.1 Å². The Morgan fingerprint density at radius 2 is 2.12 bits per heavy atom. The number of halogens is 2. The molecule has 96 valence electrons. The predicted molar refractivity (Wildman–Crippen MR) is 68.8 cm³/mol. The van der Waals surface area contributed by atoms with Crippen LogP contribution in [-0.4, -0.2) is 18.2 Å². The molecule has 0 saturated heterocycles.